The van der Waals surface area contributed by atoms with Gasteiger partial charge in [-0.1, -0.05) is 29.8 Å². The van der Waals surface area contributed by atoms with Crippen molar-refractivity contribution in [1.29, 1.82) is 0 Å². The number of alkyl halides is 3. The maximum absolute atomic E-state index is 13.1. The van der Waals surface area contributed by atoms with Crippen molar-refractivity contribution in [3.8, 4) is 11.3 Å². The van der Waals surface area contributed by atoms with Crippen LogP contribution in [0.15, 0.2) is 65.8 Å². The Balaban J connectivity index is 2.15. The first-order chi connectivity index (χ1) is 11.9. The molecule has 0 saturated heterocycles. The number of hydrogen-bond acceptors (Lipinski definition) is 2. The zero-order valence-corrected chi connectivity index (χ0v) is 13.6. The third kappa shape index (κ3) is 3.74. The second kappa shape index (κ2) is 6.72. The molecule has 7 heteroatoms. The minimum Gasteiger partial charge on any atom is -0.343 e. The molecular formula is C18H12ClF3N2O. The number of rotatable bonds is 3. The Bertz CT molecular complexity index is 953. The first-order valence-electron chi connectivity index (χ1n) is 7.32. The van der Waals surface area contributed by atoms with E-state index in [1.807, 2.05) is 6.07 Å². The Morgan fingerprint density at radius 1 is 1.12 bits per heavy atom. The Kier molecular flexibility index (Phi) is 4.63. The molecule has 0 bridgehead atoms. The van der Waals surface area contributed by atoms with Gasteiger partial charge in [0.15, 0.2) is 5.43 Å². The van der Waals surface area contributed by atoms with Crippen LogP contribution in [-0.4, -0.2) is 9.55 Å². The average Bonchev–Trinajstić information content (AvgIpc) is 2.57. The molecule has 0 unspecified atom stereocenters. The first-order valence-corrected chi connectivity index (χ1v) is 7.69. The topological polar surface area (TPSA) is 34.9 Å². The summed E-state index contributed by atoms with van der Waals surface area (Å²) in [5.74, 6) is 0. The average molecular weight is 365 g/mol. The lowest BCUT2D eigenvalue weighted by atomic mass is 10.1. The van der Waals surface area contributed by atoms with Crippen LogP contribution < -0.4 is 5.43 Å². The van der Waals surface area contributed by atoms with Gasteiger partial charge in [0.05, 0.1) is 16.3 Å². The number of nitrogens with zero attached hydrogens (tertiary/aromatic N) is 2. The molecule has 0 fully saturated rings. The third-order valence-electron chi connectivity index (χ3n) is 3.66. The van der Waals surface area contributed by atoms with Crippen molar-refractivity contribution >= 4 is 11.6 Å². The van der Waals surface area contributed by atoms with E-state index in [9.17, 15) is 18.0 Å². The van der Waals surface area contributed by atoms with Gasteiger partial charge < -0.3 is 4.57 Å². The summed E-state index contributed by atoms with van der Waals surface area (Å²) in [5, 5.41) is -0.430. The van der Waals surface area contributed by atoms with Gasteiger partial charge in [-0.3, -0.25) is 9.78 Å². The van der Waals surface area contributed by atoms with E-state index in [-0.39, 0.29) is 11.0 Å². The lowest BCUT2D eigenvalue weighted by molar-refractivity contribution is -0.137. The smallest absolute Gasteiger partial charge is 0.343 e. The van der Waals surface area contributed by atoms with Gasteiger partial charge in [-0.05, 0) is 17.7 Å². The van der Waals surface area contributed by atoms with E-state index < -0.39 is 16.8 Å². The molecule has 0 N–H and O–H groups in total. The summed E-state index contributed by atoms with van der Waals surface area (Å²) in [7, 11) is 0. The zero-order valence-electron chi connectivity index (χ0n) is 12.8. The normalized spacial score (nSPS) is 11.5. The second-order valence-electron chi connectivity index (χ2n) is 5.40. The van der Waals surface area contributed by atoms with Gasteiger partial charge in [0.1, 0.15) is 0 Å². The van der Waals surface area contributed by atoms with E-state index in [0.717, 1.165) is 11.6 Å². The lowest BCUT2D eigenvalue weighted by Gasteiger charge is -2.17. The van der Waals surface area contributed by atoms with Crippen molar-refractivity contribution in [3.05, 3.63) is 87.4 Å². The van der Waals surface area contributed by atoms with Crippen molar-refractivity contribution in [3.63, 3.8) is 0 Å². The van der Waals surface area contributed by atoms with Crippen LogP contribution in [0.1, 0.15) is 11.1 Å². The van der Waals surface area contributed by atoms with E-state index in [1.54, 1.807) is 23.0 Å². The molecule has 0 aliphatic rings. The summed E-state index contributed by atoms with van der Waals surface area (Å²) in [4.78, 5) is 15.8. The van der Waals surface area contributed by atoms with Gasteiger partial charge in [0.2, 0.25) is 0 Å². The summed E-state index contributed by atoms with van der Waals surface area (Å²) < 4.78 is 41.0. The SMILES string of the molecule is O=c1ccn(Cc2cccnc2)c(-c2cccc(C(F)(F)F)c2Cl)c1. The van der Waals surface area contributed by atoms with Crippen LogP contribution in [0.25, 0.3) is 11.3 Å². The molecule has 0 atom stereocenters. The van der Waals surface area contributed by atoms with E-state index in [1.165, 1.54) is 30.5 Å². The summed E-state index contributed by atoms with van der Waals surface area (Å²) in [6, 6.07) is 9.87. The molecule has 3 aromatic rings. The van der Waals surface area contributed by atoms with E-state index in [4.69, 9.17) is 11.6 Å². The van der Waals surface area contributed by atoms with Crippen LogP contribution >= 0.6 is 11.6 Å². The van der Waals surface area contributed by atoms with Crippen LogP contribution in [0.2, 0.25) is 5.02 Å². The lowest BCUT2D eigenvalue weighted by Crippen LogP contribution is -2.11. The van der Waals surface area contributed by atoms with Gasteiger partial charge in [0.25, 0.3) is 0 Å². The van der Waals surface area contributed by atoms with Crippen molar-refractivity contribution in [2.45, 2.75) is 12.7 Å². The highest BCUT2D eigenvalue weighted by Crippen LogP contribution is 2.39. The second-order valence-corrected chi connectivity index (χ2v) is 5.78. The Morgan fingerprint density at radius 2 is 1.92 bits per heavy atom. The predicted molar refractivity (Wildman–Crippen MR) is 89.5 cm³/mol. The van der Waals surface area contributed by atoms with E-state index >= 15 is 0 Å². The molecule has 1 aromatic carbocycles. The van der Waals surface area contributed by atoms with Gasteiger partial charge >= 0.3 is 6.18 Å². The fraction of sp³-hybridized carbons (Fsp3) is 0.111. The van der Waals surface area contributed by atoms with Gasteiger partial charge in [-0.2, -0.15) is 13.2 Å². The molecule has 0 saturated carbocycles. The first kappa shape index (κ1) is 17.2. The summed E-state index contributed by atoms with van der Waals surface area (Å²) in [5.41, 5.74) is 0.0582. The van der Waals surface area contributed by atoms with Gasteiger partial charge in [-0.25, -0.2) is 0 Å². The third-order valence-corrected chi connectivity index (χ3v) is 4.07. The Labute approximate surface area is 146 Å². The van der Waals surface area contributed by atoms with Crippen LogP contribution in [0.4, 0.5) is 13.2 Å². The van der Waals surface area contributed by atoms with E-state index in [2.05, 4.69) is 4.98 Å². The van der Waals surface area contributed by atoms with Gasteiger partial charge in [-0.15, -0.1) is 0 Å². The van der Waals surface area contributed by atoms with Crippen molar-refractivity contribution in [1.82, 2.24) is 9.55 Å². The molecule has 3 nitrogen and oxygen atoms in total. The summed E-state index contributed by atoms with van der Waals surface area (Å²) in [6.45, 7) is 0.343. The number of aromatic nitrogens is 2. The molecule has 0 spiro atoms. The molecule has 0 radical (unpaired) electrons. The quantitative estimate of drug-likeness (QED) is 0.679. The molecule has 2 aromatic heterocycles. The Morgan fingerprint density at radius 3 is 2.60 bits per heavy atom. The Hall–Kier alpha value is -2.60. The molecule has 2 heterocycles. The van der Waals surface area contributed by atoms with Crippen molar-refractivity contribution in [2.75, 3.05) is 0 Å². The molecule has 25 heavy (non-hydrogen) atoms. The number of pyridine rings is 2. The van der Waals surface area contributed by atoms with Crippen molar-refractivity contribution < 1.29 is 13.2 Å². The summed E-state index contributed by atoms with van der Waals surface area (Å²) >= 11 is 6.01. The maximum atomic E-state index is 13.1. The summed E-state index contributed by atoms with van der Waals surface area (Å²) in [6.07, 6.45) is 0.229. The number of benzene rings is 1. The number of hydrogen-bond donors (Lipinski definition) is 0. The van der Waals surface area contributed by atoms with Crippen molar-refractivity contribution in [2.24, 2.45) is 0 Å². The highest BCUT2D eigenvalue weighted by atomic mass is 35.5. The van der Waals surface area contributed by atoms with E-state index in [0.29, 0.717) is 12.2 Å². The molecule has 0 amide bonds. The standard InChI is InChI=1S/C18H12ClF3N2O/c19-17-14(4-1-5-15(17)18(20,21)22)16-9-13(25)6-8-24(16)11-12-3-2-7-23-10-12/h1-10H,11H2. The minimum atomic E-state index is -4.57. The van der Waals surface area contributed by atoms with Crippen LogP contribution in [-0.2, 0) is 12.7 Å². The molecular weight excluding hydrogens is 353 g/mol. The largest absolute Gasteiger partial charge is 0.417 e. The molecule has 0 aliphatic heterocycles. The number of halogens is 4. The molecule has 128 valence electrons. The monoisotopic (exact) mass is 364 g/mol. The highest BCUT2D eigenvalue weighted by molar-refractivity contribution is 6.34. The molecule has 3 rings (SSSR count). The highest BCUT2D eigenvalue weighted by Gasteiger charge is 2.34. The molecule has 0 aliphatic carbocycles. The fourth-order valence-corrected chi connectivity index (χ4v) is 2.85. The van der Waals surface area contributed by atoms with Gasteiger partial charge in [0, 0.05) is 42.8 Å². The van der Waals surface area contributed by atoms with Crippen LogP contribution in [0.5, 0.6) is 0 Å². The zero-order chi connectivity index (χ0) is 18.0. The van der Waals surface area contributed by atoms with Crippen LogP contribution in [0.3, 0.4) is 0 Å². The van der Waals surface area contributed by atoms with Crippen LogP contribution in [0, 0.1) is 0 Å². The fourth-order valence-electron chi connectivity index (χ4n) is 2.52. The predicted octanol–water partition coefficient (Wildman–Crippen LogP) is 4.63. The maximum Gasteiger partial charge on any atom is 0.417 e. The minimum absolute atomic E-state index is 0.151.